The number of benzene rings is 1. The van der Waals surface area contributed by atoms with Gasteiger partial charge in [0.05, 0.1) is 7.11 Å². The summed E-state index contributed by atoms with van der Waals surface area (Å²) in [5, 5.41) is 7.15. The Kier molecular flexibility index (Phi) is 6.22. The lowest BCUT2D eigenvalue weighted by molar-refractivity contribution is 0.0628. The third kappa shape index (κ3) is 4.50. The van der Waals surface area contributed by atoms with E-state index in [1.165, 1.54) is 13.2 Å². The molecule has 10 heteroatoms. The molecular formula is C22H24N4O6. The van der Waals surface area contributed by atoms with Crippen LogP contribution < -0.4 is 15.7 Å². The molecule has 0 unspecified atom stereocenters. The van der Waals surface area contributed by atoms with Crippen molar-refractivity contribution in [2.75, 3.05) is 46.4 Å². The van der Waals surface area contributed by atoms with Crippen molar-refractivity contribution >= 4 is 22.8 Å². The highest BCUT2D eigenvalue weighted by molar-refractivity contribution is 5.97. The second-order valence-corrected chi connectivity index (χ2v) is 7.54. The number of carbonyl (C=O) groups is 2. The van der Waals surface area contributed by atoms with Gasteiger partial charge >= 0.3 is 5.63 Å². The van der Waals surface area contributed by atoms with Gasteiger partial charge in [0, 0.05) is 50.7 Å². The maximum atomic E-state index is 12.5. The van der Waals surface area contributed by atoms with E-state index in [0.29, 0.717) is 67.4 Å². The van der Waals surface area contributed by atoms with Crippen LogP contribution >= 0.6 is 0 Å². The summed E-state index contributed by atoms with van der Waals surface area (Å²) in [5.74, 6) is 0.401. The topological polar surface area (TPSA) is 118 Å². The Balaban J connectivity index is 1.29. The van der Waals surface area contributed by atoms with Crippen LogP contribution in [0.1, 0.15) is 26.6 Å². The van der Waals surface area contributed by atoms with Crippen LogP contribution in [0.2, 0.25) is 0 Å². The molecule has 3 heterocycles. The summed E-state index contributed by atoms with van der Waals surface area (Å²) < 4.78 is 15.5. The molecule has 0 bridgehead atoms. The largest absolute Gasteiger partial charge is 0.493 e. The van der Waals surface area contributed by atoms with Crippen molar-refractivity contribution in [2.45, 2.75) is 6.92 Å². The highest BCUT2D eigenvalue weighted by Gasteiger charge is 2.24. The highest BCUT2D eigenvalue weighted by Crippen LogP contribution is 2.24. The number of rotatable bonds is 6. The van der Waals surface area contributed by atoms with Crippen molar-refractivity contribution < 1.29 is 23.3 Å². The number of carbonyl (C=O) groups excluding carboxylic acids is 2. The van der Waals surface area contributed by atoms with Crippen molar-refractivity contribution in [3.05, 3.63) is 57.8 Å². The monoisotopic (exact) mass is 440 g/mol. The number of nitrogens with one attached hydrogen (secondary N) is 1. The summed E-state index contributed by atoms with van der Waals surface area (Å²) in [7, 11) is 1.49. The number of nitrogens with zero attached hydrogens (tertiary/aromatic N) is 3. The second kappa shape index (κ2) is 9.23. The van der Waals surface area contributed by atoms with Crippen LogP contribution in [0.25, 0.3) is 11.0 Å². The Morgan fingerprint density at radius 1 is 1.19 bits per heavy atom. The molecule has 0 aliphatic carbocycles. The zero-order chi connectivity index (χ0) is 22.7. The molecule has 168 valence electrons. The summed E-state index contributed by atoms with van der Waals surface area (Å²) in [6, 6.07) is 8.33. The highest BCUT2D eigenvalue weighted by atomic mass is 16.5. The number of hydrogen-bond donors (Lipinski definition) is 1. The molecule has 2 amide bonds. The number of para-hydroxylation sites is 1. The number of aromatic nitrogens is 1. The van der Waals surface area contributed by atoms with Crippen LogP contribution in [0.3, 0.4) is 0 Å². The molecule has 32 heavy (non-hydrogen) atoms. The van der Waals surface area contributed by atoms with E-state index in [4.69, 9.17) is 13.7 Å². The quantitative estimate of drug-likeness (QED) is 0.570. The molecule has 2 aromatic heterocycles. The Bertz CT molecular complexity index is 1190. The van der Waals surface area contributed by atoms with E-state index in [1.54, 1.807) is 36.1 Å². The molecule has 1 aromatic carbocycles. The zero-order valence-electron chi connectivity index (χ0n) is 17.9. The maximum absolute atomic E-state index is 12.5. The van der Waals surface area contributed by atoms with Crippen LogP contribution in [-0.4, -0.2) is 73.1 Å². The van der Waals surface area contributed by atoms with Gasteiger partial charge in [0.2, 0.25) is 0 Å². The summed E-state index contributed by atoms with van der Waals surface area (Å²) in [6.45, 7) is 5.19. The molecular weight excluding hydrogens is 416 g/mol. The Morgan fingerprint density at radius 3 is 2.66 bits per heavy atom. The molecule has 1 N–H and O–H groups in total. The van der Waals surface area contributed by atoms with Gasteiger partial charge in [-0.3, -0.25) is 14.5 Å². The first-order valence-corrected chi connectivity index (χ1v) is 10.3. The molecule has 0 radical (unpaired) electrons. The predicted molar refractivity (Wildman–Crippen MR) is 115 cm³/mol. The third-order valence-corrected chi connectivity index (χ3v) is 5.41. The molecule has 0 saturated carbocycles. The number of amides is 2. The van der Waals surface area contributed by atoms with Gasteiger partial charge in [-0.1, -0.05) is 17.3 Å². The fraction of sp³-hybridized carbons (Fsp3) is 0.364. The average molecular weight is 440 g/mol. The van der Waals surface area contributed by atoms with Crippen molar-refractivity contribution in [2.24, 2.45) is 0 Å². The average Bonchev–Trinajstić information content (AvgIpc) is 3.24. The van der Waals surface area contributed by atoms with Gasteiger partial charge in [0.15, 0.2) is 17.0 Å². The van der Waals surface area contributed by atoms with Crippen LogP contribution in [-0.2, 0) is 0 Å². The van der Waals surface area contributed by atoms with E-state index in [9.17, 15) is 14.4 Å². The van der Waals surface area contributed by atoms with Gasteiger partial charge in [-0.2, -0.15) is 0 Å². The first-order chi connectivity index (χ1) is 15.5. The molecule has 1 aliphatic heterocycles. The lowest BCUT2D eigenvalue weighted by Crippen LogP contribution is -2.50. The first-order valence-electron chi connectivity index (χ1n) is 10.3. The molecule has 0 atom stereocenters. The maximum Gasteiger partial charge on any atom is 0.349 e. The number of hydrogen-bond acceptors (Lipinski definition) is 8. The van der Waals surface area contributed by atoms with Gasteiger partial charge in [-0.05, 0) is 19.1 Å². The lowest BCUT2D eigenvalue weighted by atomic mass is 10.1. The zero-order valence-corrected chi connectivity index (χ0v) is 17.9. The molecule has 0 spiro atoms. The van der Waals surface area contributed by atoms with Gasteiger partial charge in [0.25, 0.3) is 11.8 Å². The Morgan fingerprint density at radius 2 is 1.97 bits per heavy atom. The standard InChI is InChI=1S/C22H24N4O6/c1-14-12-17(24-32-14)21(28)26-10-8-25(9-11-26)7-6-23-20(27)16-13-15-4-3-5-18(30-2)19(15)31-22(16)29/h3-5,12-13H,6-11H2,1-2H3,(H,23,27). The van der Waals surface area contributed by atoms with E-state index in [2.05, 4.69) is 15.4 Å². The van der Waals surface area contributed by atoms with Crippen LogP contribution in [0.15, 0.2) is 44.1 Å². The van der Waals surface area contributed by atoms with Crippen molar-refractivity contribution in [3.8, 4) is 5.75 Å². The fourth-order valence-corrected chi connectivity index (χ4v) is 3.66. The van der Waals surface area contributed by atoms with Gasteiger partial charge in [-0.25, -0.2) is 4.79 Å². The Labute approximate surface area is 183 Å². The molecule has 3 aromatic rings. The van der Waals surface area contributed by atoms with Crippen LogP contribution in [0.5, 0.6) is 5.75 Å². The first kappa shape index (κ1) is 21.6. The minimum Gasteiger partial charge on any atom is -0.493 e. The van der Waals surface area contributed by atoms with Crippen molar-refractivity contribution in [1.82, 2.24) is 20.3 Å². The van der Waals surface area contributed by atoms with Gasteiger partial charge < -0.3 is 23.9 Å². The molecule has 10 nitrogen and oxygen atoms in total. The summed E-state index contributed by atoms with van der Waals surface area (Å²) in [6.07, 6.45) is 0. The normalized spacial score (nSPS) is 14.5. The van der Waals surface area contributed by atoms with Crippen molar-refractivity contribution in [1.29, 1.82) is 0 Å². The SMILES string of the molecule is COc1cccc2cc(C(=O)NCCN3CCN(C(=O)c4cc(C)on4)CC3)c(=O)oc12. The van der Waals surface area contributed by atoms with Gasteiger partial charge in [0.1, 0.15) is 11.3 Å². The van der Waals surface area contributed by atoms with E-state index >= 15 is 0 Å². The second-order valence-electron chi connectivity index (χ2n) is 7.54. The Hall–Kier alpha value is -3.66. The minimum absolute atomic E-state index is 0.0518. The van der Waals surface area contributed by atoms with E-state index < -0.39 is 11.5 Å². The number of methoxy groups -OCH3 is 1. The van der Waals surface area contributed by atoms with Crippen LogP contribution in [0.4, 0.5) is 0 Å². The van der Waals surface area contributed by atoms with E-state index in [-0.39, 0.29) is 11.5 Å². The fourth-order valence-electron chi connectivity index (χ4n) is 3.66. The van der Waals surface area contributed by atoms with Crippen LogP contribution in [0, 0.1) is 6.92 Å². The lowest BCUT2D eigenvalue weighted by Gasteiger charge is -2.34. The number of aryl methyl sites for hydroxylation is 1. The van der Waals surface area contributed by atoms with Crippen molar-refractivity contribution in [3.63, 3.8) is 0 Å². The summed E-state index contributed by atoms with van der Waals surface area (Å²) >= 11 is 0. The molecule has 4 rings (SSSR count). The molecule has 1 saturated heterocycles. The van der Waals surface area contributed by atoms with E-state index in [0.717, 1.165) is 0 Å². The molecule has 1 fully saturated rings. The summed E-state index contributed by atoms with van der Waals surface area (Å²) in [4.78, 5) is 41.1. The number of ether oxygens (including phenoxy) is 1. The minimum atomic E-state index is -0.713. The summed E-state index contributed by atoms with van der Waals surface area (Å²) in [5.41, 5.74) is -0.140. The van der Waals surface area contributed by atoms with Gasteiger partial charge in [-0.15, -0.1) is 0 Å². The third-order valence-electron chi connectivity index (χ3n) is 5.41. The predicted octanol–water partition coefficient (Wildman–Crippen LogP) is 1.29. The number of fused-ring (bicyclic) bond motifs is 1. The number of piperazine rings is 1. The smallest absolute Gasteiger partial charge is 0.349 e. The van der Waals surface area contributed by atoms with E-state index in [1.807, 2.05) is 0 Å². The molecule has 1 aliphatic rings.